The van der Waals surface area contributed by atoms with Crippen LogP contribution in [0.4, 0.5) is 0 Å². The zero-order chi connectivity index (χ0) is 14.7. The summed E-state index contributed by atoms with van der Waals surface area (Å²) in [6.07, 6.45) is 1.88. The van der Waals surface area contributed by atoms with E-state index in [1.807, 2.05) is 53.2 Å². The van der Waals surface area contributed by atoms with Gasteiger partial charge in [-0.1, -0.05) is 40.2 Å². The first-order valence-corrected chi connectivity index (χ1v) is 8.69. The minimum atomic E-state index is 0.598. The topological polar surface area (TPSA) is 36.7 Å². The Morgan fingerprint density at radius 2 is 2.05 bits per heavy atom. The first kappa shape index (κ1) is 14.2. The molecule has 0 spiro atoms. The van der Waals surface area contributed by atoms with Gasteiger partial charge in [0.1, 0.15) is 11.1 Å². The molecule has 0 radical (unpaired) electrons. The average molecular weight is 373 g/mol. The number of thiazole rings is 1. The van der Waals surface area contributed by atoms with E-state index < -0.39 is 0 Å². The van der Waals surface area contributed by atoms with Crippen molar-refractivity contribution < 1.29 is 0 Å². The lowest BCUT2D eigenvalue weighted by atomic mass is 10.2. The van der Waals surface area contributed by atoms with Gasteiger partial charge in [0, 0.05) is 20.3 Å². The molecule has 3 rings (SSSR count). The molecule has 102 valence electrons. The van der Waals surface area contributed by atoms with Gasteiger partial charge in [0.2, 0.25) is 0 Å². The molecular formula is C16H9BrN2S2. The summed E-state index contributed by atoms with van der Waals surface area (Å²) in [5.74, 6) is 0. The Morgan fingerprint density at radius 3 is 2.76 bits per heavy atom. The molecule has 0 saturated heterocycles. The van der Waals surface area contributed by atoms with Gasteiger partial charge in [-0.15, -0.1) is 22.7 Å². The summed E-state index contributed by atoms with van der Waals surface area (Å²) in [4.78, 5) is 5.65. The van der Waals surface area contributed by atoms with Crippen molar-refractivity contribution in [3.05, 3.63) is 61.5 Å². The third-order valence-electron chi connectivity index (χ3n) is 2.83. The summed E-state index contributed by atoms with van der Waals surface area (Å²) in [5, 5.41) is 14.1. The van der Waals surface area contributed by atoms with Crippen molar-refractivity contribution in [3.8, 4) is 17.3 Å². The number of nitriles is 1. The summed E-state index contributed by atoms with van der Waals surface area (Å²) < 4.78 is 1.00. The zero-order valence-corrected chi connectivity index (χ0v) is 14.0. The van der Waals surface area contributed by atoms with E-state index in [0.717, 1.165) is 25.6 Å². The van der Waals surface area contributed by atoms with E-state index >= 15 is 0 Å². The monoisotopic (exact) mass is 372 g/mol. The Kier molecular flexibility index (Phi) is 4.30. The van der Waals surface area contributed by atoms with Crippen LogP contribution in [0.5, 0.6) is 0 Å². The van der Waals surface area contributed by atoms with Crippen LogP contribution in [0, 0.1) is 11.3 Å². The van der Waals surface area contributed by atoms with Crippen molar-refractivity contribution in [2.75, 3.05) is 0 Å². The molecule has 5 heteroatoms. The molecule has 0 atom stereocenters. The third-order valence-corrected chi connectivity index (χ3v) is 5.22. The number of thiophene rings is 1. The number of hydrogen-bond acceptors (Lipinski definition) is 4. The second-order valence-electron chi connectivity index (χ2n) is 4.20. The van der Waals surface area contributed by atoms with Crippen LogP contribution in [0.1, 0.15) is 9.88 Å². The number of rotatable bonds is 3. The third kappa shape index (κ3) is 3.13. The highest BCUT2D eigenvalue weighted by Gasteiger charge is 2.11. The number of aromatic nitrogens is 1. The maximum atomic E-state index is 9.36. The molecule has 2 heterocycles. The van der Waals surface area contributed by atoms with Crippen molar-refractivity contribution in [2.45, 2.75) is 0 Å². The first-order chi connectivity index (χ1) is 10.3. The predicted molar refractivity (Wildman–Crippen MR) is 93.1 cm³/mol. The Bertz CT molecular complexity index is 826. The molecule has 0 N–H and O–H groups in total. The molecule has 1 aromatic carbocycles. The molecule has 0 saturated carbocycles. The van der Waals surface area contributed by atoms with Gasteiger partial charge in [-0.25, -0.2) is 4.98 Å². The average Bonchev–Trinajstić information content (AvgIpc) is 3.17. The van der Waals surface area contributed by atoms with Gasteiger partial charge in [0.15, 0.2) is 0 Å². The van der Waals surface area contributed by atoms with Gasteiger partial charge in [-0.05, 0) is 23.6 Å². The predicted octanol–water partition coefficient (Wildman–Crippen LogP) is 5.70. The minimum Gasteiger partial charge on any atom is -0.235 e. The van der Waals surface area contributed by atoms with Crippen LogP contribution in [-0.2, 0) is 0 Å². The molecule has 0 fully saturated rings. The van der Waals surface area contributed by atoms with E-state index in [0.29, 0.717) is 5.57 Å². The van der Waals surface area contributed by atoms with E-state index in [4.69, 9.17) is 0 Å². The van der Waals surface area contributed by atoms with E-state index in [2.05, 4.69) is 27.0 Å². The van der Waals surface area contributed by atoms with Crippen molar-refractivity contribution >= 4 is 50.3 Å². The lowest BCUT2D eigenvalue weighted by Crippen LogP contribution is -1.83. The van der Waals surface area contributed by atoms with Crippen LogP contribution >= 0.6 is 38.6 Å². The van der Waals surface area contributed by atoms with Crippen molar-refractivity contribution in [3.63, 3.8) is 0 Å². The summed E-state index contributed by atoms with van der Waals surface area (Å²) >= 11 is 6.63. The first-order valence-electron chi connectivity index (χ1n) is 6.14. The summed E-state index contributed by atoms with van der Waals surface area (Å²) in [6.45, 7) is 0. The molecule has 0 aliphatic carbocycles. The lowest BCUT2D eigenvalue weighted by molar-refractivity contribution is 1.36. The molecule has 2 aromatic heterocycles. The molecular weight excluding hydrogens is 364 g/mol. The number of hydrogen-bond donors (Lipinski definition) is 0. The Hall–Kier alpha value is -1.74. The molecule has 2 nitrogen and oxygen atoms in total. The van der Waals surface area contributed by atoms with Gasteiger partial charge >= 0.3 is 0 Å². The quantitative estimate of drug-likeness (QED) is 0.553. The SMILES string of the molecule is N#CC(=Cc1cccs1)c1nc(-c2ccccc2Br)cs1. The lowest BCUT2D eigenvalue weighted by Gasteiger charge is -1.99. The molecule has 3 aromatic rings. The van der Waals surface area contributed by atoms with Crippen molar-refractivity contribution in [1.29, 1.82) is 5.26 Å². The van der Waals surface area contributed by atoms with E-state index in [1.54, 1.807) is 11.3 Å². The van der Waals surface area contributed by atoms with Crippen LogP contribution in [-0.4, -0.2) is 4.98 Å². The molecule has 21 heavy (non-hydrogen) atoms. The van der Waals surface area contributed by atoms with Gasteiger partial charge in [-0.3, -0.25) is 0 Å². The van der Waals surface area contributed by atoms with E-state index in [-0.39, 0.29) is 0 Å². The second-order valence-corrected chi connectivity index (χ2v) is 6.89. The van der Waals surface area contributed by atoms with Crippen LogP contribution in [0.15, 0.2) is 51.6 Å². The fourth-order valence-electron chi connectivity index (χ4n) is 1.85. The smallest absolute Gasteiger partial charge is 0.134 e. The van der Waals surface area contributed by atoms with Gasteiger partial charge < -0.3 is 0 Å². The van der Waals surface area contributed by atoms with Crippen molar-refractivity contribution in [1.82, 2.24) is 4.98 Å². The van der Waals surface area contributed by atoms with Gasteiger partial charge in [0.25, 0.3) is 0 Å². The number of nitrogens with zero attached hydrogens (tertiary/aromatic N) is 2. The number of allylic oxidation sites excluding steroid dienone is 1. The zero-order valence-electron chi connectivity index (χ0n) is 10.8. The fourth-order valence-corrected chi connectivity index (χ4v) is 3.78. The van der Waals surface area contributed by atoms with Crippen LogP contribution in [0.2, 0.25) is 0 Å². The molecule has 0 amide bonds. The van der Waals surface area contributed by atoms with E-state index in [9.17, 15) is 5.26 Å². The van der Waals surface area contributed by atoms with Gasteiger partial charge in [-0.2, -0.15) is 5.26 Å². The summed E-state index contributed by atoms with van der Waals surface area (Å²) in [7, 11) is 0. The van der Waals surface area contributed by atoms with Crippen LogP contribution in [0.25, 0.3) is 22.9 Å². The maximum Gasteiger partial charge on any atom is 0.134 e. The molecule has 0 aliphatic rings. The second kappa shape index (κ2) is 6.35. The maximum absolute atomic E-state index is 9.36. The highest BCUT2D eigenvalue weighted by atomic mass is 79.9. The minimum absolute atomic E-state index is 0.598. The van der Waals surface area contributed by atoms with E-state index in [1.165, 1.54) is 11.3 Å². The summed E-state index contributed by atoms with van der Waals surface area (Å²) in [6, 6.07) is 14.1. The van der Waals surface area contributed by atoms with Crippen molar-refractivity contribution in [2.24, 2.45) is 0 Å². The molecule has 0 bridgehead atoms. The standard InChI is InChI=1S/C16H9BrN2S2/c17-14-6-2-1-5-13(14)15-10-21-16(19-15)11(9-18)8-12-4-3-7-20-12/h1-8,10H. The molecule has 0 aliphatic heterocycles. The normalized spacial score (nSPS) is 11.3. The highest BCUT2D eigenvalue weighted by molar-refractivity contribution is 9.10. The Labute approximate surface area is 139 Å². The number of benzene rings is 1. The molecule has 0 unspecified atom stereocenters. The Balaban J connectivity index is 1.98. The van der Waals surface area contributed by atoms with Crippen LogP contribution in [0.3, 0.4) is 0 Å². The Morgan fingerprint density at radius 1 is 1.19 bits per heavy atom. The fraction of sp³-hybridized carbons (Fsp3) is 0. The number of halogens is 1. The largest absolute Gasteiger partial charge is 0.235 e. The van der Waals surface area contributed by atoms with Gasteiger partial charge in [0.05, 0.1) is 11.3 Å². The van der Waals surface area contributed by atoms with Crippen LogP contribution < -0.4 is 0 Å². The highest BCUT2D eigenvalue weighted by Crippen LogP contribution is 2.31. The summed E-state index contributed by atoms with van der Waals surface area (Å²) in [5.41, 5.74) is 2.52.